The average Bonchev–Trinajstić information content (AvgIpc) is 1.58. The van der Waals surface area contributed by atoms with Gasteiger partial charge in [-0.25, -0.2) is 41.0 Å². The summed E-state index contributed by atoms with van der Waals surface area (Å²) in [6.07, 6.45) is 7.53. The molecule has 0 unspecified atom stereocenters. The highest BCUT2D eigenvalue weighted by atomic mass is 32.2. The SMILES string of the molecule is C=C[C@@H]1C[C@]1(N)C(=O)NS(=O)(=O)c1ccccc1NCCCCN(C)CCCC(=O)OC.C=C[C@@H]1C[C@]1(NC(=O)[C@@H]1C[C@@H](Oc2cc(-c3csc(NC(C)C)n3)nc3cc(OC)ccc23)CN1C(=O)OC(C)(C)C)C(=O)NS(=O)(=O)c1ccccc1NCCCCN(C)CCCC(=O)OC. The first-order valence-electron chi connectivity index (χ1n) is 33.4. The third kappa shape index (κ3) is 21.8. The number of pyridine rings is 1. The molecule has 8 N–H and O–H groups in total. The molecule has 3 fully saturated rings. The zero-order valence-electron chi connectivity index (χ0n) is 58.9. The van der Waals surface area contributed by atoms with E-state index in [1.165, 1.54) is 48.7 Å². The predicted molar refractivity (Wildman–Crippen MR) is 385 cm³/mol. The van der Waals surface area contributed by atoms with Crippen LogP contribution in [-0.4, -0.2) is 193 Å². The summed E-state index contributed by atoms with van der Waals surface area (Å²) in [7, 11) is -0.224. The number of likely N-dealkylation sites (tertiary alicyclic amines) is 1. The van der Waals surface area contributed by atoms with Crippen molar-refractivity contribution in [3.63, 3.8) is 0 Å². The number of fused-ring (bicyclic) bond motifs is 1. The lowest BCUT2D eigenvalue weighted by atomic mass is 10.1. The third-order valence-corrected chi connectivity index (χ3v) is 20.7. The first-order valence-corrected chi connectivity index (χ1v) is 37.3. The smallest absolute Gasteiger partial charge is 0.411 e. The van der Waals surface area contributed by atoms with E-state index in [0.717, 1.165) is 63.4 Å². The number of hydrogen-bond acceptors (Lipinski definition) is 24. The molecule has 27 nitrogen and oxygen atoms in total. The molecule has 2 aliphatic carbocycles. The summed E-state index contributed by atoms with van der Waals surface area (Å²) in [5.41, 5.74) is 4.68. The summed E-state index contributed by atoms with van der Waals surface area (Å²) < 4.78 is 85.1. The second kappa shape index (κ2) is 35.3. The number of nitrogens with two attached hydrogens (primary N) is 1. The molecule has 1 aliphatic heterocycles. The number of sulfonamides is 2. The highest BCUT2D eigenvalue weighted by molar-refractivity contribution is 7.90. The van der Waals surface area contributed by atoms with E-state index in [1.54, 1.807) is 88.6 Å². The molecule has 3 aromatic carbocycles. The van der Waals surface area contributed by atoms with Gasteiger partial charge in [0.1, 0.15) is 55.8 Å². The molecule has 3 heterocycles. The lowest BCUT2D eigenvalue weighted by Gasteiger charge is -2.29. The molecular weight excluding hydrogens is 1350 g/mol. The van der Waals surface area contributed by atoms with Gasteiger partial charge in [-0.05, 0) is 163 Å². The van der Waals surface area contributed by atoms with Crippen molar-refractivity contribution in [1.29, 1.82) is 0 Å². The number of nitrogens with one attached hydrogen (secondary N) is 6. The summed E-state index contributed by atoms with van der Waals surface area (Å²) in [5, 5.41) is 15.8. The van der Waals surface area contributed by atoms with Crippen LogP contribution in [0.2, 0.25) is 0 Å². The number of para-hydroxylation sites is 2. The Hall–Kier alpha value is -8.42. The fraction of sp³-hybridized carbons (Fsp3) is 0.514. The van der Waals surface area contributed by atoms with Crippen molar-refractivity contribution in [2.45, 2.75) is 150 Å². The molecular formula is C70H98N12O15S3. The second-order valence-corrected chi connectivity index (χ2v) is 30.7. The van der Waals surface area contributed by atoms with Crippen LogP contribution >= 0.6 is 11.3 Å². The van der Waals surface area contributed by atoms with Gasteiger partial charge in [-0.1, -0.05) is 36.4 Å². The van der Waals surface area contributed by atoms with E-state index in [2.05, 4.69) is 58.4 Å². The number of esters is 2. The van der Waals surface area contributed by atoms with Gasteiger partial charge in [0, 0.05) is 73.1 Å². The van der Waals surface area contributed by atoms with Crippen LogP contribution < -0.4 is 45.9 Å². The van der Waals surface area contributed by atoms with E-state index in [1.807, 2.05) is 39.4 Å². The average molecular weight is 1440 g/mol. The molecule has 6 atom stereocenters. The number of thiazole rings is 1. The molecule has 0 spiro atoms. The molecule has 4 amide bonds. The maximum atomic E-state index is 14.5. The van der Waals surface area contributed by atoms with Crippen LogP contribution in [-0.2, 0) is 58.2 Å². The van der Waals surface area contributed by atoms with Gasteiger partial charge in [-0.2, -0.15) is 0 Å². The predicted octanol–water partition coefficient (Wildman–Crippen LogP) is 8.06. The lowest BCUT2D eigenvalue weighted by molar-refractivity contribution is -0.141. The molecule has 2 aromatic heterocycles. The van der Waals surface area contributed by atoms with E-state index < -0.39 is 78.6 Å². The summed E-state index contributed by atoms with van der Waals surface area (Å²) in [4.78, 5) is 92.5. The summed E-state index contributed by atoms with van der Waals surface area (Å²) in [6.45, 7) is 20.8. The standard InChI is InChI=1S/C48H64N8O10S2.C22H34N4O5S/c1-10-31-27-48(31,44(59)54-68(61,62)41-17-12-11-16-35(41)49-21-13-14-22-55(7)23-15-18-42(57)64-9)53-43(58)39-25-33(28-56(39)46(60)66-47(4,5)6)65-40-26-37(38-29-67-45(52-38)50-30(2)3)51-36-24-32(63-8)19-20-34(36)40;1-4-17-16-22(17,23)21(28)25-32(29,30)19-11-6-5-10-18(19)24-13-7-8-14-26(2)15-9-12-20(27)31-3/h10-12,16-17,19-20,24,26,29-31,33,39,49H,1,13-15,18,21-23,25,27-28H2,2-9H3,(H,50,52)(H,53,58)(H,54,59);4-6,10-11,17,24H,1,7-9,12-16,23H2,2-3H3,(H,25,28)/t31-,33-,39+,48-;17-,22-/m11/s1. The van der Waals surface area contributed by atoms with Crippen molar-refractivity contribution in [2.24, 2.45) is 17.6 Å². The molecule has 100 heavy (non-hydrogen) atoms. The van der Waals surface area contributed by atoms with Crippen LogP contribution in [0.5, 0.6) is 11.5 Å². The molecule has 0 radical (unpaired) electrons. The van der Waals surface area contributed by atoms with Gasteiger partial charge in [0.2, 0.25) is 5.91 Å². The number of carbonyl (C=O) groups is 6. The second-order valence-electron chi connectivity index (χ2n) is 26.5. The Morgan fingerprint density at radius 3 is 1.79 bits per heavy atom. The first-order chi connectivity index (χ1) is 47.4. The van der Waals surface area contributed by atoms with Crippen molar-refractivity contribution in [1.82, 2.24) is 39.4 Å². The molecule has 5 aromatic rings. The number of aromatic nitrogens is 2. The van der Waals surface area contributed by atoms with Gasteiger partial charge < -0.3 is 60.5 Å². The number of methoxy groups -OCH3 is 3. The van der Waals surface area contributed by atoms with E-state index >= 15 is 0 Å². The number of benzene rings is 3. The molecule has 30 heteroatoms. The Kier molecular flexibility index (Phi) is 27.8. The summed E-state index contributed by atoms with van der Waals surface area (Å²) >= 11 is 1.45. The number of rotatable bonds is 36. The van der Waals surface area contributed by atoms with E-state index in [4.69, 9.17) is 34.6 Å². The highest BCUT2D eigenvalue weighted by Gasteiger charge is 2.62. The molecule has 3 aliphatic rings. The van der Waals surface area contributed by atoms with E-state index in [-0.39, 0.29) is 53.1 Å². The number of carbonyl (C=O) groups excluding carboxylic acids is 6. The third-order valence-electron chi connectivity index (χ3n) is 17.1. The van der Waals surface area contributed by atoms with Crippen LogP contribution in [0, 0.1) is 11.8 Å². The lowest BCUT2D eigenvalue weighted by Crippen LogP contribution is -2.56. The number of anilines is 3. The Morgan fingerprint density at radius 2 is 1.28 bits per heavy atom. The highest BCUT2D eigenvalue weighted by Crippen LogP contribution is 2.46. The minimum atomic E-state index is -4.45. The van der Waals surface area contributed by atoms with Crippen molar-refractivity contribution < 1.29 is 69.3 Å². The summed E-state index contributed by atoms with van der Waals surface area (Å²) in [5.74, 6) is -2.57. The largest absolute Gasteiger partial charge is 0.497 e. The van der Waals surface area contributed by atoms with Crippen molar-refractivity contribution in [3.05, 3.63) is 103 Å². The molecule has 2 saturated carbocycles. The van der Waals surface area contributed by atoms with Crippen LogP contribution in [0.1, 0.15) is 105 Å². The van der Waals surface area contributed by atoms with Crippen molar-refractivity contribution in [3.8, 4) is 22.9 Å². The van der Waals surface area contributed by atoms with Crippen molar-refractivity contribution >= 4 is 94.5 Å². The van der Waals surface area contributed by atoms with Gasteiger partial charge in [-0.15, -0.1) is 24.5 Å². The zero-order valence-corrected chi connectivity index (χ0v) is 61.3. The molecule has 0 bridgehead atoms. The summed E-state index contributed by atoms with van der Waals surface area (Å²) in [6, 6.07) is 18.9. The Morgan fingerprint density at radius 1 is 0.730 bits per heavy atom. The maximum Gasteiger partial charge on any atom is 0.411 e. The van der Waals surface area contributed by atoms with E-state index in [0.29, 0.717) is 83.9 Å². The topological polar surface area (TPSA) is 351 Å². The normalized spacial score (nSPS) is 19.4. The minimum absolute atomic E-state index is 0.00711. The van der Waals surface area contributed by atoms with E-state index in [9.17, 15) is 45.6 Å². The number of ether oxygens (including phenoxy) is 5. The Bertz CT molecular complexity index is 3940. The van der Waals surface area contributed by atoms with Crippen LogP contribution in [0.4, 0.5) is 21.3 Å². The first kappa shape index (κ1) is 78.9. The van der Waals surface area contributed by atoms with Gasteiger partial charge in [0.05, 0.1) is 50.5 Å². The Balaban J connectivity index is 0.000000367. The van der Waals surface area contributed by atoms with Crippen LogP contribution in [0.15, 0.2) is 113 Å². The Labute approximate surface area is 591 Å². The number of hydrogen-bond donors (Lipinski definition) is 7. The van der Waals surface area contributed by atoms with Gasteiger partial charge in [0.15, 0.2) is 5.13 Å². The fourth-order valence-corrected chi connectivity index (χ4v) is 14.7. The van der Waals surface area contributed by atoms with Crippen molar-refractivity contribution in [2.75, 3.05) is 97.2 Å². The maximum absolute atomic E-state index is 14.5. The van der Waals surface area contributed by atoms with Crippen LogP contribution in [0.25, 0.3) is 22.3 Å². The fourth-order valence-electron chi connectivity index (χ4n) is 11.4. The zero-order chi connectivity index (χ0) is 73.2. The molecule has 546 valence electrons. The van der Waals surface area contributed by atoms with Gasteiger partial charge in [0.25, 0.3) is 31.9 Å². The monoisotopic (exact) mass is 1440 g/mol. The quantitative estimate of drug-likeness (QED) is 0.00862. The molecule has 1 saturated heterocycles. The number of unbranched alkanes of at least 4 members (excludes halogenated alkanes) is 2. The van der Waals surface area contributed by atoms with Crippen LogP contribution in [0.3, 0.4) is 0 Å². The van der Waals surface area contributed by atoms with Gasteiger partial charge in [-0.3, -0.25) is 28.9 Å². The van der Waals surface area contributed by atoms with Gasteiger partial charge >= 0.3 is 18.0 Å². The minimum Gasteiger partial charge on any atom is -0.497 e. The number of nitrogens with zero attached hydrogens (tertiary/aromatic N) is 5. The molecule has 8 rings (SSSR count). The number of amides is 4.